The topological polar surface area (TPSA) is 6.48 Å². The van der Waals surface area contributed by atoms with E-state index in [1.54, 1.807) is 0 Å². The Morgan fingerprint density at radius 1 is 1.47 bits per heavy atom. The summed E-state index contributed by atoms with van der Waals surface area (Å²) in [4.78, 5) is 4.72. The average molecular weight is 285 g/mol. The number of alkyl halides is 1. The van der Waals surface area contributed by atoms with Gasteiger partial charge in [0.05, 0.1) is 0 Å². The number of anilines is 1. The van der Waals surface area contributed by atoms with Crippen molar-refractivity contribution in [1.29, 1.82) is 0 Å². The second-order valence-corrected chi connectivity index (χ2v) is 5.48. The SMILES string of the molecule is CCN1CCCC1CN(C)c1ccc(F)cc1CCl. The minimum atomic E-state index is -0.219. The van der Waals surface area contributed by atoms with E-state index >= 15 is 0 Å². The lowest BCUT2D eigenvalue weighted by atomic mass is 10.1. The van der Waals surface area contributed by atoms with Gasteiger partial charge in [-0.3, -0.25) is 4.90 Å². The van der Waals surface area contributed by atoms with Crippen molar-refractivity contribution in [1.82, 2.24) is 4.90 Å². The predicted molar refractivity (Wildman–Crippen MR) is 79.5 cm³/mol. The van der Waals surface area contributed by atoms with Crippen molar-refractivity contribution >= 4 is 17.3 Å². The largest absolute Gasteiger partial charge is 0.373 e. The molecule has 1 aromatic carbocycles. The Morgan fingerprint density at radius 3 is 2.95 bits per heavy atom. The van der Waals surface area contributed by atoms with Gasteiger partial charge >= 0.3 is 0 Å². The molecule has 1 aliphatic heterocycles. The van der Waals surface area contributed by atoms with Gasteiger partial charge in [-0.25, -0.2) is 4.39 Å². The Hall–Kier alpha value is -0.800. The van der Waals surface area contributed by atoms with E-state index in [0.717, 1.165) is 24.3 Å². The molecule has 1 atom stereocenters. The maximum Gasteiger partial charge on any atom is 0.123 e. The molecule has 19 heavy (non-hydrogen) atoms. The van der Waals surface area contributed by atoms with Gasteiger partial charge in [-0.1, -0.05) is 6.92 Å². The first-order chi connectivity index (χ1) is 9.15. The molecule has 0 aliphatic carbocycles. The van der Waals surface area contributed by atoms with E-state index in [0.29, 0.717) is 11.9 Å². The van der Waals surface area contributed by atoms with Gasteiger partial charge < -0.3 is 4.90 Å². The third-order valence-electron chi connectivity index (χ3n) is 3.99. The molecule has 0 aromatic heterocycles. The van der Waals surface area contributed by atoms with Crippen LogP contribution in [0.25, 0.3) is 0 Å². The highest BCUT2D eigenvalue weighted by Gasteiger charge is 2.24. The van der Waals surface area contributed by atoms with Crippen molar-refractivity contribution in [3.05, 3.63) is 29.6 Å². The first kappa shape index (κ1) is 14.6. The molecule has 1 aliphatic rings. The molecule has 0 bridgehead atoms. The zero-order valence-electron chi connectivity index (χ0n) is 11.7. The van der Waals surface area contributed by atoms with Gasteiger partial charge in [0.15, 0.2) is 0 Å². The summed E-state index contributed by atoms with van der Waals surface area (Å²) >= 11 is 5.92. The summed E-state index contributed by atoms with van der Waals surface area (Å²) in [6.45, 7) is 5.48. The lowest BCUT2D eigenvalue weighted by molar-refractivity contribution is 0.270. The van der Waals surface area contributed by atoms with E-state index in [4.69, 9.17) is 11.6 Å². The number of likely N-dealkylation sites (N-methyl/N-ethyl adjacent to an activating group) is 2. The molecule has 1 fully saturated rings. The van der Waals surface area contributed by atoms with Crippen LogP contribution < -0.4 is 4.90 Å². The van der Waals surface area contributed by atoms with Gasteiger partial charge in [0.2, 0.25) is 0 Å². The molecule has 0 N–H and O–H groups in total. The molecule has 2 nitrogen and oxygen atoms in total. The van der Waals surface area contributed by atoms with Gasteiger partial charge in [0, 0.05) is 31.2 Å². The quantitative estimate of drug-likeness (QED) is 0.764. The van der Waals surface area contributed by atoms with Gasteiger partial charge in [-0.2, -0.15) is 0 Å². The smallest absolute Gasteiger partial charge is 0.123 e. The van der Waals surface area contributed by atoms with Crippen LogP contribution in [0.3, 0.4) is 0 Å². The van der Waals surface area contributed by atoms with Crippen molar-refractivity contribution in [2.45, 2.75) is 31.7 Å². The van der Waals surface area contributed by atoms with Crippen LogP contribution >= 0.6 is 11.6 Å². The standard InChI is InChI=1S/C15H22ClFN2/c1-3-19-8-4-5-14(19)11-18(2)15-7-6-13(17)9-12(15)10-16/h6-7,9,14H,3-5,8,10-11H2,1-2H3. The Morgan fingerprint density at radius 2 is 2.26 bits per heavy atom. The maximum atomic E-state index is 13.2. The number of benzene rings is 1. The fourth-order valence-electron chi connectivity index (χ4n) is 2.97. The molecule has 0 saturated carbocycles. The lowest BCUT2D eigenvalue weighted by Crippen LogP contribution is -2.39. The Bertz CT molecular complexity index is 425. The van der Waals surface area contributed by atoms with Crippen LogP contribution in [0.2, 0.25) is 0 Å². The molecule has 0 amide bonds. The van der Waals surface area contributed by atoms with Crippen molar-refractivity contribution in [2.24, 2.45) is 0 Å². The molecule has 1 heterocycles. The molecular weight excluding hydrogens is 263 g/mol. The van der Waals surface area contributed by atoms with Crippen molar-refractivity contribution < 1.29 is 4.39 Å². The van der Waals surface area contributed by atoms with Crippen molar-refractivity contribution in [3.8, 4) is 0 Å². The molecule has 0 radical (unpaired) electrons. The highest BCUT2D eigenvalue weighted by atomic mass is 35.5. The van der Waals surface area contributed by atoms with E-state index in [1.807, 2.05) is 6.07 Å². The first-order valence-corrected chi connectivity index (χ1v) is 7.48. The highest BCUT2D eigenvalue weighted by molar-refractivity contribution is 6.17. The van der Waals surface area contributed by atoms with Gasteiger partial charge in [-0.05, 0) is 49.7 Å². The third-order valence-corrected chi connectivity index (χ3v) is 4.27. The maximum absolute atomic E-state index is 13.2. The molecule has 0 spiro atoms. The van der Waals surface area contributed by atoms with Gasteiger partial charge in [0.1, 0.15) is 5.82 Å². The number of hydrogen-bond donors (Lipinski definition) is 0. The van der Waals surface area contributed by atoms with E-state index in [9.17, 15) is 4.39 Å². The minimum Gasteiger partial charge on any atom is -0.373 e. The van der Waals surface area contributed by atoms with E-state index < -0.39 is 0 Å². The van der Waals surface area contributed by atoms with Crippen LogP contribution in [0.15, 0.2) is 18.2 Å². The Kier molecular flexibility index (Phi) is 5.06. The number of nitrogens with zero attached hydrogens (tertiary/aromatic N) is 2. The number of likely N-dealkylation sites (tertiary alicyclic amines) is 1. The van der Waals surface area contributed by atoms with Crippen LogP contribution in [0.4, 0.5) is 10.1 Å². The second-order valence-electron chi connectivity index (χ2n) is 5.21. The Balaban J connectivity index is 2.09. The first-order valence-electron chi connectivity index (χ1n) is 6.95. The summed E-state index contributed by atoms with van der Waals surface area (Å²) in [5.41, 5.74) is 1.91. The van der Waals surface area contributed by atoms with E-state index in [1.165, 1.54) is 31.5 Å². The summed E-state index contributed by atoms with van der Waals surface area (Å²) in [7, 11) is 2.06. The summed E-state index contributed by atoms with van der Waals surface area (Å²) in [5, 5.41) is 0. The van der Waals surface area contributed by atoms with Gasteiger partial charge in [-0.15, -0.1) is 11.6 Å². The van der Waals surface area contributed by atoms with E-state index in [2.05, 4.69) is 23.8 Å². The van der Waals surface area contributed by atoms with Crippen LogP contribution in [0, 0.1) is 5.82 Å². The van der Waals surface area contributed by atoms with Crippen molar-refractivity contribution in [3.63, 3.8) is 0 Å². The van der Waals surface area contributed by atoms with Crippen LogP contribution in [0.5, 0.6) is 0 Å². The molecule has 106 valence electrons. The molecule has 1 saturated heterocycles. The number of rotatable bonds is 5. The number of hydrogen-bond acceptors (Lipinski definition) is 2. The number of halogens is 2. The molecule has 2 rings (SSSR count). The van der Waals surface area contributed by atoms with Crippen molar-refractivity contribution in [2.75, 3.05) is 31.6 Å². The van der Waals surface area contributed by atoms with Gasteiger partial charge in [0.25, 0.3) is 0 Å². The third kappa shape index (κ3) is 3.40. The normalized spacial score (nSPS) is 19.9. The van der Waals surface area contributed by atoms with Crippen LogP contribution in [0.1, 0.15) is 25.3 Å². The minimum absolute atomic E-state index is 0.219. The molecule has 1 unspecified atom stereocenters. The monoisotopic (exact) mass is 284 g/mol. The lowest BCUT2D eigenvalue weighted by Gasteiger charge is -2.30. The fourth-order valence-corrected chi connectivity index (χ4v) is 3.18. The zero-order chi connectivity index (χ0) is 13.8. The Labute approximate surface area is 120 Å². The predicted octanol–water partition coefficient (Wildman–Crippen LogP) is 3.49. The summed E-state index contributed by atoms with van der Waals surface area (Å²) in [6, 6.07) is 5.47. The summed E-state index contributed by atoms with van der Waals surface area (Å²) < 4.78 is 13.2. The average Bonchev–Trinajstić information content (AvgIpc) is 2.85. The van der Waals surface area contributed by atoms with Crippen LogP contribution in [-0.2, 0) is 5.88 Å². The molecular formula is C15H22ClFN2. The summed E-state index contributed by atoms with van der Waals surface area (Å²) in [5.74, 6) is 0.128. The second kappa shape index (κ2) is 6.58. The summed E-state index contributed by atoms with van der Waals surface area (Å²) in [6.07, 6.45) is 2.52. The molecule has 1 aromatic rings. The molecule has 4 heteroatoms. The van der Waals surface area contributed by atoms with E-state index in [-0.39, 0.29) is 5.82 Å². The highest BCUT2D eigenvalue weighted by Crippen LogP contribution is 2.25. The zero-order valence-corrected chi connectivity index (χ0v) is 12.5. The fraction of sp³-hybridized carbons (Fsp3) is 0.600. The van der Waals surface area contributed by atoms with Crippen LogP contribution in [-0.4, -0.2) is 37.6 Å².